The van der Waals surface area contributed by atoms with Crippen molar-refractivity contribution in [3.05, 3.63) is 17.7 Å². The number of methoxy groups -OCH3 is 3. The minimum absolute atomic E-state index is 0.325. The summed E-state index contributed by atoms with van der Waals surface area (Å²) >= 11 is 3.30. The van der Waals surface area contributed by atoms with Gasteiger partial charge in [0.25, 0.3) is 0 Å². The third-order valence-corrected chi connectivity index (χ3v) is 3.38. The van der Waals surface area contributed by atoms with Crippen LogP contribution >= 0.6 is 15.9 Å². The van der Waals surface area contributed by atoms with Gasteiger partial charge in [-0.1, -0.05) is 15.9 Å². The molecule has 1 aromatic rings. The quantitative estimate of drug-likeness (QED) is 0.592. The van der Waals surface area contributed by atoms with E-state index < -0.39 is 4.83 Å². The zero-order valence-electron chi connectivity index (χ0n) is 11.4. The Labute approximate surface area is 120 Å². The van der Waals surface area contributed by atoms with E-state index in [1.54, 1.807) is 19.1 Å². The molecule has 0 saturated carbocycles. The molecule has 0 aliphatic heterocycles. The van der Waals surface area contributed by atoms with E-state index in [0.29, 0.717) is 29.4 Å². The average Bonchev–Trinajstić information content (AvgIpc) is 2.44. The first-order valence-corrected chi connectivity index (χ1v) is 6.61. The fourth-order valence-electron chi connectivity index (χ4n) is 1.60. The van der Waals surface area contributed by atoms with Crippen LogP contribution in [0.1, 0.15) is 17.3 Å². The Morgan fingerprint density at radius 1 is 1.16 bits per heavy atom. The summed E-state index contributed by atoms with van der Waals surface area (Å²) in [6.45, 7) is 2.08. The van der Waals surface area contributed by atoms with Crippen molar-refractivity contribution in [1.29, 1.82) is 0 Å². The molecule has 0 bridgehead atoms. The predicted octanol–water partition coefficient (Wildman–Crippen LogP) is 2.71. The van der Waals surface area contributed by atoms with Crippen molar-refractivity contribution in [2.45, 2.75) is 11.8 Å². The zero-order valence-corrected chi connectivity index (χ0v) is 12.9. The predicted molar refractivity (Wildman–Crippen MR) is 74.4 cm³/mol. The van der Waals surface area contributed by atoms with Gasteiger partial charge in [-0.05, 0) is 24.6 Å². The highest BCUT2D eigenvalue weighted by Gasteiger charge is 2.22. The molecule has 19 heavy (non-hydrogen) atoms. The molecular weight excluding hydrogens is 316 g/mol. The number of benzene rings is 1. The van der Waals surface area contributed by atoms with Crippen molar-refractivity contribution in [3.63, 3.8) is 0 Å². The Morgan fingerprint density at radius 3 is 2.05 bits per heavy atom. The van der Waals surface area contributed by atoms with Crippen molar-refractivity contribution in [2.75, 3.05) is 27.9 Å². The standard InChI is InChI=1S/C13H17BrO5/c1-5-19-13(15)11(14)8-6-9(16-2)12(18-4)10(7-8)17-3/h6-7,11H,5H2,1-4H3. The van der Waals surface area contributed by atoms with E-state index in [9.17, 15) is 4.79 Å². The fourth-order valence-corrected chi connectivity index (χ4v) is 2.00. The molecule has 1 unspecified atom stereocenters. The summed E-state index contributed by atoms with van der Waals surface area (Å²) < 4.78 is 20.6. The van der Waals surface area contributed by atoms with E-state index in [1.165, 1.54) is 21.3 Å². The lowest BCUT2D eigenvalue weighted by atomic mass is 10.1. The van der Waals surface area contributed by atoms with Crippen LogP contribution in [0.15, 0.2) is 12.1 Å². The van der Waals surface area contributed by atoms with Crippen LogP contribution in [0, 0.1) is 0 Å². The molecule has 106 valence electrons. The number of ether oxygens (including phenoxy) is 4. The molecule has 0 aromatic heterocycles. The second-order valence-corrected chi connectivity index (χ2v) is 4.49. The summed E-state index contributed by atoms with van der Waals surface area (Å²) in [6.07, 6.45) is 0. The third-order valence-electron chi connectivity index (χ3n) is 2.47. The van der Waals surface area contributed by atoms with E-state index in [1.807, 2.05) is 0 Å². The highest BCUT2D eigenvalue weighted by Crippen LogP contribution is 2.41. The van der Waals surface area contributed by atoms with Gasteiger partial charge in [-0.25, -0.2) is 0 Å². The maximum absolute atomic E-state index is 11.7. The van der Waals surface area contributed by atoms with Crippen molar-refractivity contribution >= 4 is 21.9 Å². The molecular formula is C13H17BrO5. The monoisotopic (exact) mass is 332 g/mol. The molecule has 1 aromatic carbocycles. The molecule has 0 aliphatic carbocycles. The first-order chi connectivity index (χ1) is 9.08. The summed E-state index contributed by atoms with van der Waals surface area (Å²) in [4.78, 5) is 11.1. The van der Waals surface area contributed by atoms with Crippen LogP contribution in [-0.2, 0) is 9.53 Å². The van der Waals surface area contributed by atoms with Crippen molar-refractivity contribution in [3.8, 4) is 17.2 Å². The summed E-state index contributed by atoms with van der Waals surface area (Å²) in [6, 6.07) is 3.41. The number of alkyl halides is 1. The normalized spacial score (nSPS) is 11.6. The minimum Gasteiger partial charge on any atom is -0.493 e. The van der Waals surface area contributed by atoms with Crippen molar-refractivity contribution < 1.29 is 23.7 Å². The highest BCUT2D eigenvalue weighted by atomic mass is 79.9. The Bertz CT molecular complexity index is 422. The van der Waals surface area contributed by atoms with Gasteiger partial charge in [0.05, 0.1) is 27.9 Å². The van der Waals surface area contributed by atoms with Crippen LogP contribution in [0.2, 0.25) is 0 Å². The molecule has 1 atom stereocenters. The Kier molecular flexibility index (Phi) is 5.95. The zero-order chi connectivity index (χ0) is 14.4. The smallest absolute Gasteiger partial charge is 0.324 e. The van der Waals surface area contributed by atoms with Crippen LogP contribution in [-0.4, -0.2) is 33.9 Å². The summed E-state index contributed by atoms with van der Waals surface area (Å²) in [5.41, 5.74) is 0.674. The minimum atomic E-state index is -0.582. The lowest BCUT2D eigenvalue weighted by Gasteiger charge is -2.16. The lowest BCUT2D eigenvalue weighted by Crippen LogP contribution is -2.11. The molecule has 5 nitrogen and oxygen atoms in total. The Morgan fingerprint density at radius 2 is 1.68 bits per heavy atom. The first-order valence-electron chi connectivity index (χ1n) is 5.69. The molecule has 0 saturated heterocycles. The third kappa shape index (κ3) is 3.53. The van der Waals surface area contributed by atoms with Gasteiger partial charge in [-0.15, -0.1) is 0 Å². The Hall–Kier alpha value is -1.43. The van der Waals surface area contributed by atoms with Gasteiger partial charge in [0.1, 0.15) is 4.83 Å². The van der Waals surface area contributed by atoms with E-state index in [2.05, 4.69) is 15.9 Å². The SMILES string of the molecule is CCOC(=O)C(Br)c1cc(OC)c(OC)c(OC)c1. The van der Waals surface area contributed by atoms with Crippen LogP contribution in [0.5, 0.6) is 17.2 Å². The van der Waals surface area contributed by atoms with Gasteiger partial charge in [0.2, 0.25) is 5.75 Å². The van der Waals surface area contributed by atoms with E-state index in [4.69, 9.17) is 18.9 Å². The molecule has 0 amide bonds. The highest BCUT2D eigenvalue weighted by molar-refractivity contribution is 9.09. The average molecular weight is 333 g/mol. The maximum atomic E-state index is 11.7. The number of hydrogen-bond acceptors (Lipinski definition) is 5. The number of halogens is 1. The molecule has 0 radical (unpaired) electrons. The second-order valence-electron chi connectivity index (χ2n) is 3.57. The van der Waals surface area contributed by atoms with Crippen LogP contribution in [0.25, 0.3) is 0 Å². The molecule has 0 fully saturated rings. The number of carbonyl (C=O) groups is 1. The number of rotatable bonds is 6. The number of carbonyl (C=O) groups excluding carboxylic acids is 1. The first kappa shape index (κ1) is 15.6. The molecule has 0 spiro atoms. The molecule has 6 heteroatoms. The van der Waals surface area contributed by atoms with Crippen molar-refractivity contribution in [1.82, 2.24) is 0 Å². The van der Waals surface area contributed by atoms with Gasteiger partial charge in [0, 0.05) is 0 Å². The Balaban J connectivity index is 3.18. The largest absolute Gasteiger partial charge is 0.493 e. The number of esters is 1. The van der Waals surface area contributed by atoms with Gasteiger partial charge in [-0.3, -0.25) is 4.79 Å². The van der Waals surface area contributed by atoms with Crippen LogP contribution in [0.3, 0.4) is 0 Å². The van der Waals surface area contributed by atoms with Gasteiger partial charge in [0.15, 0.2) is 11.5 Å². The van der Waals surface area contributed by atoms with E-state index >= 15 is 0 Å². The summed E-state index contributed by atoms with van der Waals surface area (Å²) in [5, 5.41) is 0. The lowest BCUT2D eigenvalue weighted by molar-refractivity contribution is -0.142. The van der Waals surface area contributed by atoms with Crippen LogP contribution in [0.4, 0.5) is 0 Å². The summed E-state index contributed by atoms with van der Waals surface area (Å²) in [5.74, 6) is 1.10. The molecule has 1 rings (SSSR count). The van der Waals surface area contributed by atoms with E-state index in [-0.39, 0.29) is 5.97 Å². The van der Waals surface area contributed by atoms with Crippen molar-refractivity contribution in [2.24, 2.45) is 0 Å². The molecule has 0 N–H and O–H groups in total. The molecule has 0 aliphatic rings. The topological polar surface area (TPSA) is 54.0 Å². The van der Waals surface area contributed by atoms with Crippen LogP contribution < -0.4 is 14.2 Å². The molecule has 0 heterocycles. The fraction of sp³-hybridized carbons (Fsp3) is 0.462. The van der Waals surface area contributed by atoms with Gasteiger partial charge < -0.3 is 18.9 Å². The summed E-state index contributed by atoms with van der Waals surface area (Å²) in [7, 11) is 4.57. The van der Waals surface area contributed by atoms with E-state index in [0.717, 1.165) is 0 Å². The second kappa shape index (κ2) is 7.23. The number of hydrogen-bond donors (Lipinski definition) is 0. The van der Waals surface area contributed by atoms with Gasteiger partial charge >= 0.3 is 5.97 Å². The van der Waals surface area contributed by atoms with Gasteiger partial charge in [-0.2, -0.15) is 0 Å². The maximum Gasteiger partial charge on any atom is 0.324 e.